The number of hydrogen-bond donors (Lipinski definition) is 1. The summed E-state index contributed by atoms with van der Waals surface area (Å²) in [5, 5.41) is 10.2. The van der Waals surface area contributed by atoms with Gasteiger partial charge in [0.1, 0.15) is 17.1 Å². The fraction of sp³-hybridized carbons (Fsp3) is 0.167. The Balaban J connectivity index is 2.34. The maximum Gasteiger partial charge on any atom is 0.196 e. The van der Waals surface area contributed by atoms with Crippen LogP contribution in [0.2, 0.25) is 0 Å². The van der Waals surface area contributed by atoms with Crippen LogP contribution in [0.4, 0.5) is 0 Å². The molecule has 0 atom stereocenters. The van der Waals surface area contributed by atoms with Crippen molar-refractivity contribution in [1.82, 2.24) is 0 Å². The van der Waals surface area contributed by atoms with Crippen molar-refractivity contribution < 1.29 is 9.52 Å². The standard InChI is InChI=1S/C18H16O3/c1-10-4-6-13(7-5-10)18-12(3)17(20)14-9-15(19)11(2)8-16(14)21-18/h4-9,19H,1-3H3. The van der Waals surface area contributed by atoms with Crippen LogP contribution in [0.3, 0.4) is 0 Å². The largest absolute Gasteiger partial charge is 0.508 e. The van der Waals surface area contributed by atoms with Gasteiger partial charge in [-0.1, -0.05) is 29.8 Å². The molecule has 0 saturated heterocycles. The highest BCUT2D eigenvalue weighted by molar-refractivity contribution is 5.82. The van der Waals surface area contributed by atoms with E-state index in [2.05, 4.69) is 0 Å². The molecule has 1 heterocycles. The molecule has 0 saturated carbocycles. The molecular weight excluding hydrogens is 264 g/mol. The molecule has 21 heavy (non-hydrogen) atoms. The minimum atomic E-state index is -0.109. The lowest BCUT2D eigenvalue weighted by molar-refractivity contribution is 0.471. The summed E-state index contributed by atoms with van der Waals surface area (Å²) in [6.07, 6.45) is 0. The van der Waals surface area contributed by atoms with Crippen LogP contribution < -0.4 is 5.43 Å². The second kappa shape index (κ2) is 4.77. The van der Waals surface area contributed by atoms with E-state index in [0.29, 0.717) is 27.9 Å². The zero-order valence-electron chi connectivity index (χ0n) is 12.2. The van der Waals surface area contributed by atoms with Crippen molar-refractivity contribution in [2.24, 2.45) is 0 Å². The molecule has 106 valence electrons. The zero-order chi connectivity index (χ0) is 15.1. The monoisotopic (exact) mass is 280 g/mol. The molecule has 0 aliphatic carbocycles. The van der Waals surface area contributed by atoms with Crippen LogP contribution in [0.15, 0.2) is 45.6 Å². The summed E-state index contributed by atoms with van der Waals surface area (Å²) in [7, 11) is 0. The van der Waals surface area contributed by atoms with Crippen molar-refractivity contribution in [1.29, 1.82) is 0 Å². The first kappa shape index (κ1) is 13.4. The van der Waals surface area contributed by atoms with E-state index in [1.807, 2.05) is 31.2 Å². The molecule has 0 radical (unpaired) electrons. The third-order valence-electron chi connectivity index (χ3n) is 3.75. The average Bonchev–Trinajstić information content (AvgIpc) is 2.46. The van der Waals surface area contributed by atoms with Crippen molar-refractivity contribution in [2.45, 2.75) is 20.8 Å². The molecule has 2 aromatic carbocycles. The van der Waals surface area contributed by atoms with Crippen molar-refractivity contribution in [2.75, 3.05) is 0 Å². The summed E-state index contributed by atoms with van der Waals surface area (Å²) in [5.41, 5.74) is 3.65. The number of fused-ring (bicyclic) bond motifs is 1. The van der Waals surface area contributed by atoms with E-state index in [1.165, 1.54) is 6.07 Å². The zero-order valence-corrected chi connectivity index (χ0v) is 12.2. The van der Waals surface area contributed by atoms with Crippen LogP contribution >= 0.6 is 0 Å². The Bertz CT molecular complexity index is 887. The van der Waals surface area contributed by atoms with Gasteiger partial charge in [0.25, 0.3) is 0 Å². The summed E-state index contributed by atoms with van der Waals surface area (Å²) >= 11 is 0. The Kier molecular flexibility index (Phi) is 3.05. The van der Waals surface area contributed by atoms with E-state index in [0.717, 1.165) is 11.1 Å². The number of aromatic hydroxyl groups is 1. The van der Waals surface area contributed by atoms with E-state index in [-0.39, 0.29) is 11.2 Å². The maximum atomic E-state index is 12.5. The molecule has 1 aromatic heterocycles. The molecule has 0 aliphatic rings. The Hall–Kier alpha value is -2.55. The fourth-order valence-corrected chi connectivity index (χ4v) is 2.40. The van der Waals surface area contributed by atoms with E-state index in [4.69, 9.17) is 4.42 Å². The molecule has 3 aromatic rings. The third kappa shape index (κ3) is 2.21. The van der Waals surface area contributed by atoms with Crippen LogP contribution in [0.1, 0.15) is 16.7 Å². The van der Waals surface area contributed by atoms with Crippen LogP contribution in [0, 0.1) is 20.8 Å². The Labute approximate surface area is 122 Å². The number of rotatable bonds is 1. The van der Waals surface area contributed by atoms with Gasteiger partial charge in [0.2, 0.25) is 0 Å². The number of phenols is 1. The molecule has 0 unspecified atom stereocenters. The smallest absolute Gasteiger partial charge is 0.196 e. The minimum absolute atomic E-state index is 0.109. The van der Waals surface area contributed by atoms with Crippen molar-refractivity contribution in [3.05, 3.63) is 63.3 Å². The van der Waals surface area contributed by atoms with E-state index < -0.39 is 0 Å². The highest BCUT2D eigenvalue weighted by atomic mass is 16.3. The second-order valence-corrected chi connectivity index (χ2v) is 5.39. The number of hydrogen-bond acceptors (Lipinski definition) is 3. The van der Waals surface area contributed by atoms with Gasteiger partial charge in [-0.3, -0.25) is 4.79 Å². The summed E-state index contributed by atoms with van der Waals surface area (Å²) in [6.45, 7) is 5.54. The van der Waals surface area contributed by atoms with Crippen LogP contribution in [0.5, 0.6) is 5.75 Å². The molecule has 0 amide bonds. The van der Waals surface area contributed by atoms with Crippen molar-refractivity contribution in [3.63, 3.8) is 0 Å². The first-order valence-electron chi connectivity index (χ1n) is 6.81. The number of aryl methyl sites for hydroxylation is 2. The van der Waals surface area contributed by atoms with Gasteiger partial charge in [0.15, 0.2) is 5.43 Å². The fourth-order valence-electron chi connectivity index (χ4n) is 2.40. The number of phenolic OH excluding ortho intramolecular Hbond substituents is 1. The minimum Gasteiger partial charge on any atom is -0.508 e. The van der Waals surface area contributed by atoms with E-state index >= 15 is 0 Å². The Morgan fingerprint density at radius 1 is 1.00 bits per heavy atom. The second-order valence-electron chi connectivity index (χ2n) is 5.39. The van der Waals surface area contributed by atoms with Crippen LogP contribution in [-0.4, -0.2) is 5.11 Å². The molecule has 1 N–H and O–H groups in total. The van der Waals surface area contributed by atoms with Gasteiger partial charge < -0.3 is 9.52 Å². The Morgan fingerprint density at radius 2 is 1.67 bits per heavy atom. The topological polar surface area (TPSA) is 50.4 Å². The molecule has 3 rings (SSSR count). The molecule has 3 nitrogen and oxygen atoms in total. The van der Waals surface area contributed by atoms with Gasteiger partial charge >= 0.3 is 0 Å². The van der Waals surface area contributed by atoms with Gasteiger partial charge in [0, 0.05) is 11.1 Å². The predicted octanol–water partition coefficient (Wildman–Crippen LogP) is 4.09. The quantitative estimate of drug-likeness (QED) is 0.730. The summed E-state index contributed by atoms with van der Waals surface area (Å²) < 4.78 is 5.92. The first-order valence-corrected chi connectivity index (χ1v) is 6.81. The van der Waals surface area contributed by atoms with Gasteiger partial charge in [-0.05, 0) is 38.5 Å². The SMILES string of the molecule is Cc1ccc(-c2oc3cc(C)c(O)cc3c(=O)c2C)cc1. The lowest BCUT2D eigenvalue weighted by Crippen LogP contribution is -2.07. The van der Waals surface area contributed by atoms with Crippen molar-refractivity contribution >= 4 is 11.0 Å². The number of benzene rings is 2. The molecular formula is C18H16O3. The van der Waals surface area contributed by atoms with Crippen molar-refractivity contribution in [3.8, 4) is 17.1 Å². The molecule has 0 fully saturated rings. The summed E-state index contributed by atoms with van der Waals surface area (Å²) in [5.74, 6) is 0.690. The predicted molar refractivity (Wildman–Crippen MR) is 83.8 cm³/mol. The average molecular weight is 280 g/mol. The maximum absolute atomic E-state index is 12.5. The highest BCUT2D eigenvalue weighted by Gasteiger charge is 2.14. The normalized spacial score (nSPS) is 11.0. The Morgan fingerprint density at radius 3 is 2.33 bits per heavy atom. The van der Waals surface area contributed by atoms with E-state index in [1.54, 1.807) is 19.9 Å². The van der Waals surface area contributed by atoms with Gasteiger partial charge in [-0.2, -0.15) is 0 Å². The van der Waals surface area contributed by atoms with Gasteiger partial charge in [0.05, 0.1) is 5.39 Å². The van der Waals surface area contributed by atoms with Crippen LogP contribution in [-0.2, 0) is 0 Å². The lowest BCUT2D eigenvalue weighted by Gasteiger charge is -2.08. The van der Waals surface area contributed by atoms with Gasteiger partial charge in [-0.25, -0.2) is 0 Å². The summed E-state index contributed by atoms with van der Waals surface area (Å²) in [6, 6.07) is 11.0. The molecule has 3 heteroatoms. The molecule has 0 aliphatic heterocycles. The lowest BCUT2D eigenvalue weighted by atomic mass is 10.0. The molecule has 0 bridgehead atoms. The third-order valence-corrected chi connectivity index (χ3v) is 3.75. The van der Waals surface area contributed by atoms with Crippen LogP contribution in [0.25, 0.3) is 22.3 Å². The van der Waals surface area contributed by atoms with Gasteiger partial charge in [-0.15, -0.1) is 0 Å². The van der Waals surface area contributed by atoms with E-state index in [9.17, 15) is 9.90 Å². The molecule has 0 spiro atoms. The summed E-state index contributed by atoms with van der Waals surface area (Å²) in [4.78, 5) is 12.5. The first-order chi connectivity index (χ1) is 9.97. The highest BCUT2D eigenvalue weighted by Crippen LogP contribution is 2.29.